The van der Waals surface area contributed by atoms with Gasteiger partial charge < -0.3 is 14.4 Å². The highest BCUT2D eigenvalue weighted by molar-refractivity contribution is 6.23. The third-order valence-corrected chi connectivity index (χ3v) is 5.71. The highest BCUT2D eigenvalue weighted by Crippen LogP contribution is 2.34. The lowest BCUT2D eigenvalue weighted by Gasteiger charge is -2.38. The van der Waals surface area contributed by atoms with Crippen LogP contribution in [0.3, 0.4) is 0 Å². The summed E-state index contributed by atoms with van der Waals surface area (Å²) in [5.74, 6) is 1.05. The number of nitrogens with zero attached hydrogens (tertiary/aromatic N) is 3. The van der Waals surface area contributed by atoms with Crippen molar-refractivity contribution < 1.29 is 19.1 Å². The minimum Gasteiger partial charge on any atom is -0.495 e. The van der Waals surface area contributed by atoms with Crippen molar-refractivity contribution in [2.45, 2.75) is 19.4 Å². The molecule has 7 heteroatoms. The first-order valence-electron chi connectivity index (χ1n) is 10.3. The van der Waals surface area contributed by atoms with E-state index in [1.165, 1.54) is 4.90 Å². The Bertz CT molecular complexity index is 924. The normalized spacial score (nSPS) is 20.0. The van der Waals surface area contributed by atoms with Crippen molar-refractivity contribution in [2.24, 2.45) is 0 Å². The smallest absolute Gasteiger partial charge is 0.251 e. The molecule has 0 aromatic heterocycles. The van der Waals surface area contributed by atoms with Gasteiger partial charge in [-0.2, -0.15) is 0 Å². The summed E-state index contributed by atoms with van der Waals surface area (Å²) >= 11 is 0. The van der Waals surface area contributed by atoms with Gasteiger partial charge in [-0.25, -0.2) is 4.90 Å². The zero-order chi connectivity index (χ0) is 21.1. The molecule has 2 heterocycles. The largest absolute Gasteiger partial charge is 0.495 e. The monoisotopic (exact) mass is 409 g/mol. The fraction of sp³-hybridized carbons (Fsp3) is 0.391. The van der Waals surface area contributed by atoms with Crippen LogP contribution < -0.4 is 19.3 Å². The van der Waals surface area contributed by atoms with Crippen LogP contribution in [0.2, 0.25) is 0 Å². The van der Waals surface area contributed by atoms with Gasteiger partial charge in [0.2, 0.25) is 5.91 Å². The number of methoxy groups -OCH3 is 1. The first kappa shape index (κ1) is 20.2. The predicted molar refractivity (Wildman–Crippen MR) is 115 cm³/mol. The molecule has 2 amide bonds. The van der Waals surface area contributed by atoms with Crippen LogP contribution in [-0.4, -0.2) is 62.7 Å². The number of rotatable bonds is 6. The number of amides is 2. The molecule has 0 radical (unpaired) electrons. The van der Waals surface area contributed by atoms with Gasteiger partial charge in [0.1, 0.15) is 11.5 Å². The van der Waals surface area contributed by atoms with Crippen molar-refractivity contribution in [3.63, 3.8) is 0 Å². The van der Waals surface area contributed by atoms with E-state index in [-0.39, 0.29) is 18.2 Å². The number of carbonyl (C=O) groups is 2. The minimum atomic E-state index is -0.424. The molecule has 0 bridgehead atoms. The second kappa shape index (κ2) is 8.75. The Morgan fingerprint density at radius 3 is 2.20 bits per heavy atom. The van der Waals surface area contributed by atoms with Crippen molar-refractivity contribution in [3.8, 4) is 11.5 Å². The third-order valence-electron chi connectivity index (χ3n) is 5.71. The first-order chi connectivity index (χ1) is 14.6. The van der Waals surface area contributed by atoms with Gasteiger partial charge in [-0.1, -0.05) is 24.3 Å². The number of ether oxygens (including phenoxy) is 2. The summed E-state index contributed by atoms with van der Waals surface area (Å²) in [5.41, 5.74) is 1.59. The van der Waals surface area contributed by atoms with E-state index in [1.54, 1.807) is 25.3 Å². The molecule has 0 spiro atoms. The number of piperazine rings is 1. The molecule has 2 fully saturated rings. The van der Waals surface area contributed by atoms with Gasteiger partial charge in [-0.3, -0.25) is 14.5 Å². The predicted octanol–water partition coefficient (Wildman–Crippen LogP) is 2.55. The summed E-state index contributed by atoms with van der Waals surface area (Å²) in [7, 11) is 1.54. The topological polar surface area (TPSA) is 62.3 Å². The van der Waals surface area contributed by atoms with Crippen LogP contribution in [0.15, 0.2) is 48.5 Å². The number of hydrogen-bond acceptors (Lipinski definition) is 6. The van der Waals surface area contributed by atoms with Crippen molar-refractivity contribution in [2.75, 3.05) is 49.7 Å². The Kier molecular flexibility index (Phi) is 5.90. The van der Waals surface area contributed by atoms with E-state index < -0.39 is 6.04 Å². The molecule has 7 nitrogen and oxygen atoms in total. The van der Waals surface area contributed by atoms with E-state index in [0.717, 1.165) is 24.5 Å². The highest BCUT2D eigenvalue weighted by atomic mass is 16.5. The summed E-state index contributed by atoms with van der Waals surface area (Å²) < 4.78 is 11.1. The molecule has 30 heavy (non-hydrogen) atoms. The molecule has 2 aliphatic rings. The molecule has 0 aliphatic carbocycles. The molecule has 0 unspecified atom stereocenters. The van der Waals surface area contributed by atoms with E-state index in [9.17, 15) is 9.59 Å². The Morgan fingerprint density at radius 2 is 1.53 bits per heavy atom. The van der Waals surface area contributed by atoms with Gasteiger partial charge >= 0.3 is 0 Å². The van der Waals surface area contributed by atoms with Crippen LogP contribution in [0.25, 0.3) is 0 Å². The highest BCUT2D eigenvalue weighted by Gasteiger charge is 2.44. The molecular weight excluding hydrogens is 382 g/mol. The van der Waals surface area contributed by atoms with Gasteiger partial charge in [0.05, 0.1) is 37.6 Å². The number of imide groups is 1. The lowest BCUT2D eigenvalue weighted by atomic mass is 10.1. The first-order valence-corrected chi connectivity index (χ1v) is 10.3. The number of benzene rings is 2. The minimum absolute atomic E-state index is 0.173. The zero-order valence-corrected chi connectivity index (χ0v) is 17.4. The second-order valence-corrected chi connectivity index (χ2v) is 7.38. The van der Waals surface area contributed by atoms with E-state index in [4.69, 9.17) is 9.47 Å². The lowest BCUT2D eigenvalue weighted by Crippen LogP contribution is -2.52. The van der Waals surface area contributed by atoms with E-state index >= 15 is 0 Å². The van der Waals surface area contributed by atoms with Gasteiger partial charge in [0.25, 0.3) is 5.91 Å². The zero-order valence-electron chi connectivity index (χ0n) is 17.4. The van der Waals surface area contributed by atoms with Crippen LogP contribution in [-0.2, 0) is 9.59 Å². The molecule has 0 N–H and O–H groups in total. The number of hydrogen-bond donors (Lipinski definition) is 0. The summed E-state index contributed by atoms with van der Waals surface area (Å²) in [6.45, 7) is 5.57. The van der Waals surface area contributed by atoms with Crippen molar-refractivity contribution >= 4 is 23.2 Å². The van der Waals surface area contributed by atoms with Gasteiger partial charge in [-0.05, 0) is 31.2 Å². The fourth-order valence-corrected chi connectivity index (χ4v) is 4.24. The maximum absolute atomic E-state index is 13.1. The average molecular weight is 409 g/mol. The SMILES string of the molecule is CCOc1ccccc1N1CCN([C@@H]2CC(=O)N(c3ccccc3OC)C2=O)CC1. The van der Waals surface area contributed by atoms with E-state index in [0.29, 0.717) is 31.1 Å². The van der Waals surface area contributed by atoms with Crippen LogP contribution in [0.5, 0.6) is 11.5 Å². The summed E-state index contributed by atoms with van der Waals surface area (Å²) in [6.07, 6.45) is 0.201. The standard InChI is InChI=1S/C23H27N3O4/c1-3-30-21-11-7-4-8-17(21)24-12-14-25(15-13-24)19-16-22(27)26(23(19)28)18-9-5-6-10-20(18)29-2/h4-11,19H,3,12-16H2,1-2H3/t19-/m1/s1. The lowest BCUT2D eigenvalue weighted by molar-refractivity contribution is -0.123. The quantitative estimate of drug-likeness (QED) is 0.684. The Balaban J connectivity index is 1.46. The molecule has 0 saturated carbocycles. The van der Waals surface area contributed by atoms with Crippen molar-refractivity contribution in [1.29, 1.82) is 0 Å². The second-order valence-electron chi connectivity index (χ2n) is 7.38. The number of para-hydroxylation sites is 4. The van der Waals surface area contributed by atoms with Crippen LogP contribution in [0, 0.1) is 0 Å². The third kappa shape index (κ3) is 3.73. The molecular formula is C23H27N3O4. The summed E-state index contributed by atoms with van der Waals surface area (Å²) in [6, 6.07) is 14.7. The van der Waals surface area contributed by atoms with Crippen LogP contribution in [0.4, 0.5) is 11.4 Å². The molecule has 1 atom stereocenters. The van der Waals surface area contributed by atoms with Gasteiger partial charge in [0, 0.05) is 26.2 Å². The van der Waals surface area contributed by atoms with Crippen molar-refractivity contribution in [1.82, 2.24) is 4.90 Å². The average Bonchev–Trinajstić information content (AvgIpc) is 3.08. The van der Waals surface area contributed by atoms with Crippen LogP contribution >= 0.6 is 0 Å². The van der Waals surface area contributed by atoms with E-state index in [1.807, 2.05) is 31.2 Å². The Labute approximate surface area is 176 Å². The van der Waals surface area contributed by atoms with Crippen molar-refractivity contribution in [3.05, 3.63) is 48.5 Å². The molecule has 158 valence electrons. The molecule has 4 rings (SSSR count). The van der Waals surface area contributed by atoms with Gasteiger partial charge in [0.15, 0.2) is 0 Å². The molecule has 2 aromatic rings. The Hall–Kier alpha value is -3.06. The van der Waals surface area contributed by atoms with Crippen LogP contribution in [0.1, 0.15) is 13.3 Å². The summed E-state index contributed by atoms with van der Waals surface area (Å²) in [4.78, 5) is 31.5. The van der Waals surface area contributed by atoms with Gasteiger partial charge in [-0.15, -0.1) is 0 Å². The maximum Gasteiger partial charge on any atom is 0.251 e. The number of anilines is 2. The number of carbonyl (C=O) groups excluding carboxylic acids is 2. The molecule has 2 saturated heterocycles. The fourth-order valence-electron chi connectivity index (χ4n) is 4.24. The molecule has 2 aromatic carbocycles. The maximum atomic E-state index is 13.1. The van der Waals surface area contributed by atoms with E-state index in [2.05, 4.69) is 15.9 Å². The molecule has 2 aliphatic heterocycles. The Morgan fingerprint density at radius 1 is 0.900 bits per heavy atom. The summed E-state index contributed by atoms with van der Waals surface area (Å²) in [5, 5.41) is 0.